The van der Waals surface area contributed by atoms with Crippen LogP contribution >= 0.6 is 11.3 Å². The number of benzene rings is 1. The zero-order valence-electron chi connectivity index (χ0n) is 14.6. The molecular formula is C19H23N3O2S. The quantitative estimate of drug-likeness (QED) is 0.914. The van der Waals surface area contributed by atoms with E-state index in [9.17, 15) is 4.79 Å². The zero-order valence-corrected chi connectivity index (χ0v) is 15.4. The van der Waals surface area contributed by atoms with Gasteiger partial charge in [-0.05, 0) is 50.9 Å². The lowest BCUT2D eigenvalue weighted by Gasteiger charge is -2.49. The van der Waals surface area contributed by atoms with Crippen LogP contribution in [0, 0.1) is 5.92 Å². The molecule has 1 aromatic heterocycles. The van der Waals surface area contributed by atoms with Crippen molar-refractivity contribution in [2.24, 2.45) is 5.92 Å². The number of amides is 1. The predicted molar refractivity (Wildman–Crippen MR) is 99.1 cm³/mol. The van der Waals surface area contributed by atoms with Crippen molar-refractivity contribution in [3.05, 3.63) is 35.3 Å². The number of fused-ring (bicyclic) bond motifs is 3. The van der Waals surface area contributed by atoms with E-state index in [1.54, 1.807) is 13.3 Å². The maximum Gasteiger partial charge on any atom is 0.263 e. The Morgan fingerprint density at radius 2 is 2.16 bits per heavy atom. The minimum Gasteiger partial charge on any atom is -0.497 e. The molecule has 4 heterocycles. The van der Waals surface area contributed by atoms with Crippen LogP contribution in [0.1, 0.15) is 29.4 Å². The van der Waals surface area contributed by atoms with Gasteiger partial charge in [-0.1, -0.05) is 12.1 Å². The highest BCUT2D eigenvalue weighted by molar-refractivity contribution is 7.16. The van der Waals surface area contributed by atoms with Gasteiger partial charge in [0.25, 0.3) is 5.91 Å². The number of nitrogens with zero attached hydrogens (tertiary/aromatic N) is 2. The van der Waals surface area contributed by atoms with E-state index in [0.29, 0.717) is 16.8 Å². The van der Waals surface area contributed by atoms with Crippen LogP contribution < -0.4 is 10.1 Å². The summed E-state index contributed by atoms with van der Waals surface area (Å²) >= 11 is 1.43. The first-order chi connectivity index (χ1) is 12.2. The maximum absolute atomic E-state index is 12.7. The van der Waals surface area contributed by atoms with Crippen LogP contribution in [0.4, 0.5) is 0 Å². The second kappa shape index (κ2) is 6.77. The van der Waals surface area contributed by atoms with Crippen molar-refractivity contribution in [2.75, 3.05) is 20.2 Å². The first kappa shape index (κ1) is 16.5. The molecule has 25 heavy (non-hydrogen) atoms. The van der Waals surface area contributed by atoms with Crippen LogP contribution in [0.15, 0.2) is 30.5 Å². The number of piperidine rings is 3. The number of hydrogen-bond acceptors (Lipinski definition) is 5. The molecule has 0 aliphatic carbocycles. The van der Waals surface area contributed by atoms with Crippen LogP contribution in [-0.2, 0) is 0 Å². The maximum atomic E-state index is 12.7. The lowest BCUT2D eigenvalue weighted by Crippen LogP contribution is -2.62. The molecule has 3 aliphatic heterocycles. The molecule has 1 aromatic carbocycles. The molecule has 132 valence electrons. The molecule has 3 fully saturated rings. The summed E-state index contributed by atoms with van der Waals surface area (Å²) in [5.74, 6) is 1.40. The molecule has 1 amide bonds. The largest absolute Gasteiger partial charge is 0.497 e. The Labute approximate surface area is 152 Å². The summed E-state index contributed by atoms with van der Waals surface area (Å²) in [6.45, 7) is 4.56. The zero-order chi connectivity index (χ0) is 17.4. The van der Waals surface area contributed by atoms with E-state index in [-0.39, 0.29) is 11.9 Å². The number of rotatable bonds is 4. The third kappa shape index (κ3) is 3.16. The van der Waals surface area contributed by atoms with Crippen molar-refractivity contribution in [1.82, 2.24) is 15.2 Å². The van der Waals surface area contributed by atoms with Crippen molar-refractivity contribution >= 4 is 17.2 Å². The minimum absolute atomic E-state index is 0.00255. The Morgan fingerprint density at radius 3 is 2.88 bits per heavy atom. The summed E-state index contributed by atoms with van der Waals surface area (Å²) in [5, 5.41) is 4.11. The molecule has 2 aromatic rings. The van der Waals surface area contributed by atoms with Gasteiger partial charge in [-0.3, -0.25) is 9.69 Å². The van der Waals surface area contributed by atoms with E-state index >= 15 is 0 Å². The Bertz CT molecular complexity index is 766. The summed E-state index contributed by atoms with van der Waals surface area (Å²) in [5.41, 5.74) is 0.972. The van der Waals surface area contributed by atoms with Crippen LogP contribution in [0.3, 0.4) is 0 Å². The van der Waals surface area contributed by atoms with Crippen molar-refractivity contribution in [3.63, 3.8) is 0 Å². The molecule has 5 nitrogen and oxygen atoms in total. The van der Waals surface area contributed by atoms with Crippen molar-refractivity contribution in [2.45, 2.75) is 31.8 Å². The van der Waals surface area contributed by atoms with E-state index in [1.807, 2.05) is 24.3 Å². The lowest BCUT2D eigenvalue weighted by atomic mass is 9.79. The first-order valence-corrected chi connectivity index (χ1v) is 9.62. The fourth-order valence-corrected chi connectivity index (χ4v) is 4.85. The highest BCUT2D eigenvalue weighted by Gasteiger charge is 2.40. The number of ether oxygens (including phenoxy) is 1. The fourth-order valence-electron chi connectivity index (χ4n) is 4.04. The number of hydrogen-bond donors (Lipinski definition) is 1. The Kier molecular flexibility index (Phi) is 4.48. The normalized spacial score (nSPS) is 27.9. The molecule has 0 spiro atoms. The summed E-state index contributed by atoms with van der Waals surface area (Å²) in [6.07, 6.45) is 4.06. The van der Waals surface area contributed by atoms with Crippen LogP contribution in [0.25, 0.3) is 10.6 Å². The molecule has 2 bridgehead atoms. The summed E-state index contributed by atoms with van der Waals surface area (Å²) in [4.78, 5) is 20.3. The van der Waals surface area contributed by atoms with Gasteiger partial charge in [0.2, 0.25) is 0 Å². The van der Waals surface area contributed by atoms with E-state index < -0.39 is 0 Å². The van der Waals surface area contributed by atoms with Crippen LogP contribution in [0.2, 0.25) is 0 Å². The first-order valence-electron chi connectivity index (χ1n) is 8.81. The monoisotopic (exact) mass is 357 g/mol. The van der Waals surface area contributed by atoms with Gasteiger partial charge < -0.3 is 10.1 Å². The molecule has 2 atom stereocenters. The lowest BCUT2D eigenvalue weighted by molar-refractivity contribution is 0.0218. The number of carbonyl (C=O) groups is 1. The minimum atomic E-state index is -0.00255. The van der Waals surface area contributed by atoms with E-state index in [4.69, 9.17) is 4.74 Å². The highest BCUT2D eigenvalue weighted by Crippen LogP contribution is 2.33. The molecule has 2 unspecified atom stereocenters. The number of nitrogens with one attached hydrogen (secondary N) is 1. The van der Waals surface area contributed by atoms with Crippen LogP contribution in [0.5, 0.6) is 5.75 Å². The summed E-state index contributed by atoms with van der Waals surface area (Å²) in [7, 11) is 1.65. The smallest absolute Gasteiger partial charge is 0.263 e. The number of carbonyl (C=O) groups excluding carboxylic acids is 1. The van der Waals surface area contributed by atoms with E-state index in [0.717, 1.165) is 16.3 Å². The Balaban J connectivity index is 1.49. The van der Waals surface area contributed by atoms with Gasteiger partial charge in [0.05, 0.1) is 13.3 Å². The van der Waals surface area contributed by atoms with Gasteiger partial charge in [-0.2, -0.15) is 0 Å². The van der Waals surface area contributed by atoms with Crippen molar-refractivity contribution in [3.8, 4) is 16.3 Å². The van der Waals surface area contributed by atoms with Crippen molar-refractivity contribution in [1.29, 1.82) is 0 Å². The molecule has 3 aliphatic rings. The molecule has 6 heteroatoms. The van der Waals surface area contributed by atoms with Gasteiger partial charge in [0.15, 0.2) is 0 Å². The van der Waals surface area contributed by atoms with Gasteiger partial charge in [0, 0.05) is 17.6 Å². The second-order valence-corrected chi connectivity index (χ2v) is 7.91. The SMILES string of the molecule is COc1cccc(-c2ncc(C(=O)NC3C4CCN(CC4)C3C)s2)c1. The molecule has 5 rings (SSSR count). The van der Waals surface area contributed by atoms with Crippen LogP contribution in [-0.4, -0.2) is 48.1 Å². The average molecular weight is 357 g/mol. The fraction of sp³-hybridized carbons (Fsp3) is 0.474. The predicted octanol–water partition coefficient (Wildman–Crippen LogP) is 3.03. The highest BCUT2D eigenvalue weighted by atomic mass is 32.1. The standard InChI is InChI=1S/C19H23N3O2S/c1-12-17(13-6-8-22(12)9-7-13)21-18(23)16-11-20-19(25-16)14-4-3-5-15(10-14)24-2/h3-5,10-13,17H,6-9H2,1-2H3,(H,21,23). The third-order valence-corrected chi connectivity index (χ3v) is 6.57. The number of thiazole rings is 1. The van der Waals surface area contributed by atoms with Gasteiger partial charge >= 0.3 is 0 Å². The van der Waals surface area contributed by atoms with Gasteiger partial charge in [-0.15, -0.1) is 11.3 Å². The molecule has 0 radical (unpaired) electrons. The average Bonchev–Trinajstić information content (AvgIpc) is 3.15. The van der Waals surface area contributed by atoms with Gasteiger partial charge in [-0.25, -0.2) is 4.98 Å². The summed E-state index contributed by atoms with van der Waals surface area (Å²) in [6, 6.07) is 8.43. The Hall–Kier alpha value is -1.92. The molecule has 3 saturated heterocycles. The summed E-state index contributed by atoms with van der Waals surface area (Å²) < 4.78 is 5.26. The second-order valence-electron chi connectivity index (χ2n) is 6.87. The Morgan fingerprint density at radius 1 is 1.36 bits per heavy atom. The third-order valence-electron chi connectivity index (χ3n) is 5.52. The molecule has 0 saturated carbocycles. The molecule has 1 N–H and O–H groups in total. The van der Waals surface area contributed by atoms with Crippen molar-refractivity contribution < 1.29 is 9.53 Å². The van der Waals surface area contributed by atoms with Gasteiger partial charge in [0.1, 0.15) is 15.6 Å². The van der Waals surface area contributed by atoms with E-state index in [2.05, 4.69) is 22.1 Å². The number of aromatic nitrogens is 1. The molecular weight excluding hydrogens is 334 g/mol. The van der Waals surface area contributed by atoms with E-state index in [1.165, 1.54) is 37.3 Å². The topological polar surface area (TPSA) is 54.5 Å². The number of methoxy groups -OCH3 is 1.